The highest BCUT2D eigenvalue weighted by molar-refractivity contribution is 5.68. The van der Waals surface area contributed by atoms with Gasteiger partial charge in [-0.3, -0.25) is 10.1 Å². The van der Waals surface area contributed by atoms with E-state index >= 15 is 0 Å². The van der Waals surface area contributed by atoms with Crippen LogP contribution in [0, 0.1) is 10.1 Å². The molecule has 0 saturated heterocycles. The minimum atomic E-state index is -0.423. The van der Waals surface area contributed by atoms with Gasteiger partial charge in [0.1, 0.15) is 18.1 Å². The summed E-state index contributed by atoms with van der Waals surface area (Å²) in [4.78, 5) is 12.7. The van der Waals surface area contributed by atoms with E-state index in [2.05, 4.69) is 9.88 Å². The van der Waals surface area contributed by atoms with Gasteiger partial charge in [-0.25, -0.2) is 9.13 Å². The van der Waals surface area contributed by atoms with E-state index in [1.54, 1.807) is 17.0 Å². The van der Waals surface area contributed by atoms with Crippen LogP contribution in [0.3, 0.4) is 0 Å². The number of benzene rings is 1. The van der Waals surface area contributed by atoms with E-state index < -0.39 is 4.92 Å². The third-order valence-corrected chi connectivity index (χ3v) is 4.02. The van der Waals surface area contributed by atoms with Crippen molar-refractivity contribution in [3.05, 3.63) is 47.0 Å². The normalized spacial score (nSPS) is 10.7. The van der Waals surface area contributed by atoms with Crippen molar-refractivity contribution < 1.29 is 19.7 Å². The van der Waals surface area contributed by atoms with Crippen molar-refractivity contribution in [3.8, 4) is 0 Å². The summed E-state index contributed by atoms with van der Waals surface area (Å²) in [6.07, 6.45) is 6.75. The standard InChI is InChI=1S/C17H26N5O4/c1-19-7-8-20(14-19)6-2-5-18-16-4-3-15(13-17(16)22(25)26)21(9-11-23)10-12-24/h3-4,7-8,13-14,18,23-24H,2,5-6,9-12H2,1H3/q+1. The van der Waals surface area contributed by atoms with Crippen LogP contribution in [0.1, 0.15) is 6.42 Å². The fourth-order valence-corrected chi connectivity index (χ4v) is 2.75. The topological polar surface area (TPSA) is 108 Å². The maximum absolute atomic E-state index is 11.4. The first-order valence-corrected chi connectivity index (χ1v) is 8.55. The predicted molar refractivity (Wildman–Crippen MR) is 98.2 cm³/mol. The van der Waals surface area contributed by atoms with Crippen LogP contribution >= 0.6 is 0 Å². The van der Waals surface area contributed by atoms with Gasteiger partial charge in [0.25, 0.3) is 5.69 Å². The van der Waals surface area contributed by atoms with Crippen molar-refractivity contribution in [1.29, 1.82) is 0 Å². The number of nitrogens with zero attached hydrogens (tertiary/aromatic N) is 4. The number of hydrogen-bond donors (Lipinski definition) is 3. The summed E-state index contributed by atoms with van der Waals surface area (Å²) < 4.78 is 4.02. The molecule has 2 rings (SSSR count). The summed E-state index contributed by atoms with van der Waals surface area (Å²) in [6.45, 7) is 1.85. The fourth-order valence-electron chi connectivity index (χ4n) is 2.75. The van der Waals surface area contributed by atoms with Crippen molar-refractivity contribution in [1.82, 2.24) is 4.57 Å². The first-order chi connectivity index (χ1) is 12.5. The largest absolute Gasteiger partial charge is 0.395 e. The van der Waals surface area contributed by atoms with Crippen molar-refractivity contribution in [2.75, 3.05) is 43.1 Å². The SMILES string of the molecule is C[n+]1ccn(CCCNc2ccc(N(CCO)CCO)cc2[N+](=O)[O-])c1. The molecule has 0 unspecified atom stereocenters. The quantitative estimate of drug-likeness (QED) is 0.232. The number of aryl methyl sites for hydroxylation is 2. The molecule has 0 spiro atoms. The summed E-state index contributed by atoms with van der Waals surface area (Å²) in [5.74, 6) is 0. The lowest BCUT2D eigenvalue weighted by Gasteiger charge is -2.23. The molecule has 26 heavy (non-hydrogen) atoms. The van der Waals surface area contributed by atoms with E-state index in [1.165, 1.54) is 6.07 Å². The Morgan fingerprint density at radius 2 is 2.04 bits per heavy atom. The van der Waals surface area contributed by atoms with Crippen LogP contribution in [0.5, 0.6) is 0 Å². The molecular formula is C17H26N5O4+. The van der Waals surface area contributed by atoms with Crippen molar-refractivity contribution in [2.45, 2.75) is 13.0 Å². The number of nitro benzene ring substituents is 1. The Morgan fingerprint density at radius 3 is 2.62 bits per heavy atom. The van der Waals surface area contributed by atoms with Gasteiger partial charge < -0.3 is 20.4 Å². The molecule has 142 valence electrons. The lowest BCUT2D eigenvalue weighted by Crippen LogP contribution is -2.29. The Bertz CT molecular complexity index is 713. The van der Waals surface area contributed by atoms with Gasteiger partial charge in [-0.2, -0.15) is 0 Å². The molecule has 0 aliphatic carbocycles. The maximum Gasteiger partial charge on any atom is 0.294 e. The van der Waals surface area contributed by atoms with Crippen LogP contribution in [-0.4, -0.2) is 52.6 Å². The molecule has 0 amide bonds. The van der Waals surface area contributed by atoms with E-state index in [0.29, 0.717) is 31.0 Å². The zero-order valence-electron chi connectivity index (χ0n) is 14.9. The van der Waals surface area contributed by atoms with E-state index in [1.807, 2.05) is 30.3 Å². The molecule has 3 N–H and O–H groups in total. The molecule has 0 atom stereocenters. The van der Waals surface area contributed by atoms with E-state index in [9.17, 15) is 10.1 Å². The van der Waals surface area contributed by atoms with E-state index in [-0.39, 0.29) is 18.9 Å². The first-order valence-electron chi connectivity index (χ1n) is 8.55. The third kappa shape index (κ3) is 5.43. The highest BCUT2D eigenvalue weighted by Gasteiger charge is 2.17. The van der Waals surface area contributed by atoms with Gasteiger partial charge >= 0.3 is 0 Å². The van der Waals surface area contributed by atoms with Gasteiger partial charge in [-0.05, 0) is 12.1 Å². The average Bonchev–Trinajstić information content (AvgIpc) is 3.04. The number of aliphatic hydroxyl groups is 2. The number of nitrogens with one attached hydrogen (secondary N) is 1. The molecule has 1 aromatic heterocycles. The Hall–Kier alpha value is -2.65. The lowest BCUT2D eigenvalue weighted by atomic mass is 10.2. The van der Waals surface area contributed by atoms with Crippen LogP contribution in [-0.2, 0) is 13.6 Å². The Balaban J connectivity index is 2.01. The number of hydrogen-bond acceptors (Lipinski definition) is 6. The number of nitro groups is 1. The van der Waals surface area contributed by atoms with Crippen molar-refractivity contribution in [2.24, 2.45) is 7.05 Å². The molecule has 0 radical (unpaired) electrons. The summed E-state index contributed by atoms with van der Waals surface area (Å²) >= 11 is 0. The molecule has 0 aliphatic rings. The summed E-state index contributed by atoms with van der Waals surface area (Å²) in [6, 6.07) is 4.90. The van der Waals surface area contributed by atoms with Gasteiger partial charge in [0, 0.05) is 37.8 Å². The van der Waals surface area contributed by atoms with Crippen LogP contribution in [0.4, 0.5) is 17.1 Å². The lowest BCUT2D eigenvalue weighted by molar-refractivity contribution is -0.671. The predicted octanol–water partition coefficient (Wildman–Crippen LogP) is 0.514. The Labute approximate surface area is 152 Å². The molecule has 9 heteroatoms. The zero-order chi connectivity index (χ0) is 18.9. The maximum atomic E-state index is 11.4. The average molecular weight is 364 g/mol. The molecule has 9 nitrogen and oxygen atoms in total. The molecule has 1 aromatic carbocycles. The van der Waals surface area contributed by atoms with Crippen LogP contribution in [0.25, 0.3) is 0 Å². The van der Waals surface area contributed by atoms with E-state index in [0.717, 1.165) is 13.0 Å². The smallest absolute Gasteiger partial charge is 0.294 e. The summed E-state index contributed by atoms with van der Waals surface area (Å²) in [5, 5.41) is 32.8. The summed E-state index contributed by atoms with van der Waals surface area (Å²) in [7, 11) is 1.95. The third-order valence-electron chi connectivity index (χ3n) is 4.02. The molecule has 0 fully saturated rings. The van der Waals surface area contributed by atoms with Crippen LogP contribution < -0.4 is 14.8 Å². The van der Waals surface area contributed by atoms with Gasteiger partial charge in [-0.15, -0.1) is 0 Å². The minimum Gasteiger partial charge on any atom is -0.395 e. The van der Waals surface area contributed by atoms with Crippen molar-refractivity contribution >= 4 is 17.1 Å². The second-order valence-corrected chi connectivity index (χ2v) is 5.99. The second kappa shape index (κ2) is 9.73. The van der Waals surface area contributed by atoms with Gasteiger partial charge in [0.15, 0.2) is 0 Å². The zero-order valence-corrected chi connectivity index (χ0v) is 14.9. The molecule has 0 bridgehead atoms. The first kappa shape index (κ1) is 19.7. The van der Waals surface area contributed by atoms with Gasteiger partial charge in [0.2, 0.25) is 6.33 Å². The van der Waals surface area contributed by atoms with Crippen molar-refractivity contribution in [3.63, 3.8) is 0 Å². The fraction of sp³-hybridized carbons (Fsp3) is 0.471. The van der Waals surface area contributed by atoms with Crippen LogP contribution in [0.15, 0.2) is 36.9 Å². The number of anilines is 2. The summed E-state index contributed by atoms with van der Waals surface area (Å²) in [5.41, 5.74) is 1.05. The van der Waals surface area contributed by atoms with Gasteiger partial charge in [0.05, 0.1) is 31.7 Å². The monoisotopic (exact) mass is 364 g/mol. The van der Waals surface area contributed by atoms with Crippen LogP contribution in [0.2, 0.25) is 0 Å². The molecular weight excluding hydrogens is 338 g/mol. The molecule has 0 saturated carbocycles. The number of rotatable bonds is 11. The molecule has 2 aromatic rings. The number of aromatic nitrogens is 2. The second-order valence-electron chi connectivity index (χ2n) is 5.99. The Kier molecular flexibility index (Phi) is 7.37. The number of imidazole rings is 1. The van der Waals surface area contributed by atoms with Gasteiger partial charge in [-0.1, -0.05) is 0 Å². The molecule has 0 aliphatic heterocycles. The highest BCUT2D eigenvalue weighted by atomic mass is 16.6. The number of aliphatic hydroxyl groups excluding tert-OH is 2. The highest BCUT2D eigenvalue weighted by Crippen LogP contribution is 2.29. The Morgan fingerprint density at radius 1 is 1.31 bits per heavy atom. The van der Waals surface area contributed by atoms with E-state index in [4.69, 9.17) is 10.2 Å². The molecule has 1 heterocycles. The minimum absolute atomic E-state index is 0.0178.